The molecule has 0 spiro atoms. The molecule has 0 fully saturated rings. The van der Waals surface area contributed by atoms with Crippen LogP contribution in [0.15, 0.2) is 251 Å². The van der Waals surface area contributed by atoms with E-state index in [1.165, 1.54) is 0 Å². The minimum atomic E-state index is 0.754. The van der Waals surface area contributed by atoms with Crippen molar-refractivity contribution in [2.45, 2.75) is 0 Å². The number of fused-ring (bicyclic) bond motifs is 8. The molecule has 1 aliphatic rings. The Kier molecular flexibility index (Phi) is 8.83. The van der Waals surface area contributed by atoms with Gasteiger partial charge in [-0.1, -0.05) is 176 Å². The minimum absolute atomic E-state index is 0.754. The van der Waals surface area contributed by atoms with Crippen LogP contribution in [0.1, 0.15) is 0 Å². The van der Waals surface area contributed by atoms with Crippen molar-refractivity contribution < 1.29 is 13.6 Å². The van der Waals surface area contributed by atoms with Crippen LogP contribution < -0.4 is 14.5 Å². The van der Waals surface area contributed by atoms with E-state index in [2.05, 4.69) is 228 Å². The summed E-state index contributed by atoms with van der Waals surface area (Å²) in [4.78, 5) is 4.63. The largest absolute Gasteiger partial charge is 0.454 e. The Labute approximate surface area is 397 Å². The van der Waals surface area contributed by atoms with Gasteiger partial charge in [0, 0.05) is 43.9 Å². The molecule has 0 saturated heterocycles. The molecule has 2 aromatic heterocycles. The molecule has 0 aliphatic carbocycles. The number of benzene rings is 11. The molecule has 0 amide bonds. The molecule has 324 valence electrons. The van der Waals surface area contributed by atoms with E-state index in [9.17, 15) is 0 Å². The molecule has 0 atom stereocenters. The third-order valence-corrected chi connectivity index (χ3v) is 13.7. The lowest BCUT2D eigenvalue weighted by Crippen LogP contribution is -2.14. The monoisotopic (exact) mass is 884 g/mol. The lowest BCUT2D eigenvalue weighted by atomic mass is 9.91. The molecule has 13 aromatic rings. The summed E-state index contributed by atoms with van der Waals surface area (Å²) in [6, 6.07) is 85.4. The fourth-order valence-corrected chi connectivity index (χ4v) is 10.5. The van der Waals surface area contributed by atoms with Gasteiger partial charge in [-0.2, -0.15) is 0 Å². The van der Waals surface area contributed by atoms with Crippen LogP contribution in [-0.2, 0) is 0 Å². The molecular formula is C64H40N2O3. The van der Waals surface area contributed by atoms with Crippen LogP contribution in [-0.4, -0.2) is 0 Å². The predicted octanol–water partition coefficient (Wildman–Crippen LogP) is 18.7. The highest BCUT2D eigenvalue weighted by Gasteiger charge is 2.32. The number of furan rings is 2. The molecule has 0 bridgehead atoms. The number of nitrogens with zero attached hydrogens (tertiary/aromatic N) is 2. The van der Waals surface area contributed by atoms with Gasteiger partial charge < -0.3 is 23.4 Å². The third kappa shape index (κ3) is 6.25. The first-order chi connectivity index (χ1) is 34.2. The number of hydrogen-bond donors (Lipinski definition) is 0. The summed E-state index contributed by atoms with van der Waals surface area (Å²) in [6.45, 7) is 0. The van der Waals surface area contributed by atoms with Crippen molar-refractivity contribution in [2.75, 3.05) is 9.80 Å². The Bertz CT molecular complexity index is 4100. The maximum Gasteiger partial charge on any atom is 0.159 e. The van der Waals surface area contributed by atoms with Crippen molar-refractivity contribution in [3.8, 4) is 44.9 Å². The predicted molar refractivity (Wildman–Crippen MR) is 284 cm³/mol. The van der Waals surface area contributed by atoms with Crippen LogP contribution in [0, 0.1) is 0 Å². The summed E-state index contributed by atoms with van der Waals surface area (Å²) >= 11 is 0. The lowest BCUT2D eigenvalue weighted by molar-refractivity contribution is 0.488. The average molecular weight is 885 g/mol. The quantitative estimate of drug-likeness (QED) is 0.152. The van der Waals surface area contributed by atoms with Crippen LogP contribution in [0.4, 0.5) is 34.1 Å². The maximum atomic E-state index is 7.42. The van der Waals surface area contributed by atoms with Gasteiger partial charge >= 0.3 is 0 Å². The third-order valence-electron chi connectivity index (χ3n) is 13.7. The highest BCUT2D eigenvalue weighted by molar-refractivity contribution is 6.15. The molecule has 0 radical (unpaired) electrons. The number of rotatable bonds is 8. The highest BCUT2D eigenvalue weighted by Crippen LogP contribution is 2.57. The van der Waals surface area contributed by atoms with E-state index < -0.39 is 0 Å². The van der Waals surface area contributed by atoms with Gasteiger partial charge in [-0.3, -0.25) is 0 Å². The molecule has 0 unspecified atom stereocenters. The van der Waals surface area contributed by atoms with Crippen molar-refractivity contribution in [3.63, 3.8) is 0 Å². The molecule has 14 rings (SSSR count). The van der Waals surface area contributed by atoms with E-state index in [-0.39, 0.29) is 0 Å². The van der Waals surface area contributed by atoms with Crippen LogP contribution in [0.25, 0.3) is 88.0 Å². The SMILES string of the molecule is c1ccc(-c2ccc(N(c3cccc4c3-c3cccc5ccc(N(c6ccc(-c7ccccc7)cc6)c6cccc7c6oc6ccccc67)c(c35)O4)c3cccc4c3oc3ccccc34)cc2)cc1. The number of ether oxygens (including phenoxy) is 1. The molecule has 1 aliphatic heterocycles. The first-order valence-electron chi connectivity index (χ1n) is 23.3. The Balaban J connectivity index is 0.993. The second-order valence-corrected chi connectivity index (χ2v) is 17.6. The lowest BCUT2D eigenvalue weighted by Gasteiger charge is -2.33. The van der Waals surface area contributed by atoms with E-state index in [0.717, 1.165) is 134 Å². The Morgan fingerprint density at radius 2 is 0.768 bits per heavy atom. The second-order valence-electron chi connectivity index (χ2n) is 17.6. The molecule has 3 heterocycles. The molecule has 11 aromatic carbocycles. The number of para-hydroxylation sites is 4. The van der Waals surface area contributed by atoms with Gasteiger partial charge in [-0.15, -0.1) is 0 Å². The van der Waals surface area contributed by atoms with E-state index >= 15 is 0 Å². The molecular weight excluding hydrogens is 845 g/mol. The number of hydrogen-bond acceptors (Lipinski definition) is 5. The van der Waals surface area contributed by atoms with Crippen LogP contribution >= 0.6 is 0 Å². The van der Waals surface area contributed by atoms with Crippen molar-refractivity contribution in [3.05, 3.63) is 243 Å². The molecule has 5 nitrogen and oxygen atoms in total. The summed E-state index contributed by atoms with van der Waals surface area (Å²) in [5.74, 6) is 1.52. The molecule has 5 heteroatoms. The van der Waals surface area contributed by atoms with Crippen molar-refractivity contribution >= 4 is 88.8 Å². The smallest absolute Gasteiger partial charge is 0.159 e. The van der Waals surface area contributed by atoms with E-state index in [4.69, 9.17) is 13.6 Å². The topological polar surface area (TPSA) is 42.0 Å². The molecule has 0 saturated carbocycles. The zero-order valence-corrected chi connectivity index (χ0v) is 37.2. The summed E-state index contributed by atoms with van der Waals surface area (Å²) in [7, 11) is 0. The van der Waals surface area contributed by atoms with Gasteiger partial charge in [0.2, 0.25) is 0 Å². The van der Waals surface area contributed by atoms with Gasteiger partial charge in [-0.05, 0) is 99.9 Å². The summed E-state index contributed by atoms with van der Waals surface area (Å²) < 4.78 is 21.0. The van der Waals surface area contributed by atoms with Crippen LogP contribution in [0.2, 0.25) is 0 Å². The van der Waals surface area contributed by atoms with Gasteiger partial charge in [-0.25, -0.2) is 0 Å². The highest BCUT2D eigenvalue weighted by atomic mass is 16.5. The maximum absolute atomic E-state index is 7.42. The van der Waals surface area contributed by atoms with Crippen molar-refractivity contribution in [1.29, 1.82) is 0 Å². The first kappa shape index (κ1) is 38.9. The summed E-state index contributed by atoms with van der Waals surface area (Å²) in [6.07, 6.45) is 0. The summed E-state index contributed by atoms with van der Waals surface area (Å²) in [5.41, 5.74) is 15.7. The average Bonchev–Trinajstić information content (AvgIpc) is 4.00. The molecule has 0 N–H and O–H groups in total. The fourth-order valence-electron chi connectivity index (χ4n) is 10.5. The van der Waals surface area contributed by atoms with Gasteiger partial charge in [0.15, 0.2) is 16.9 Å². The van der Waals surface area contributed by atoms with Crippen LogP contribution in [0.3, 0.4) is 0 Å². The minimum Gasteiger partial charge on any atom is -0.454 e. The van der Waals surface area contributed by atoms with Gasteiger partial charge in [0.25, 0.3) is 0 Å². The van der Waals surface area contributed by atoms with Gasteiger partial charge in [0.05, 0.1) is 22.7 Å². The second kappa shape index (κ2) is 15.7. The van der Waals surface area contributed by atoms with Crippen molar-refractivity contribution in [1.82, 2.24) is 0 Å². The number of anilines is 6. The van der Waals surface area contributed by atoms with E-state index in [1.807, 2.05) is 24.3 Å². The fraction of sp³-hybridized carbons (Fsp3) is 0. The normalized spacial score (nSPS) is 11.9. The summed E-state index contributed by atoms with van der Waals surface area (Å²) in [5, 5.41) is 6.37. The molecule has 69 heavy (non-hydrogen) atoms. The van der Waals surface area contributed by atoms with Crippen LogP contribution in [0.5, 0.6) is 11.5 Å². The van der Waals surface area contributed by atoms with E-state index in [1.54, 1.807) is 0 Å². The standard InChI is InChI=1S/C64H40N2O3/c1-3-15-41(16-4-1)43-31-36-46(37-32-43)65(54-26-12-22-50-48-20-7-9-28-57(48)67-62(50)54)53-25-14-30-59-61(53)52-24-11-19-45-35-40-56(64(69-59)60(45)52)66(47-38-33-44(34-39-47)42-17-5-2-6-18-42)55-27-13-23-51-49-21-8-10-29-58(49)68-63(51)55/h1-40H. The zero-order chi connectivity index (χ0) is 45.4. The Hall–Kier alpha value is -9.32. The Morgan fingerprint density at radius 1 is 0.304 bits per heavy atom. The zero-order valence-electron chi connectivity index (χ0n) is 37.2. The Morgan fingerprint density at radius 3 is 1.35 bits per heavy atom. The van der Waals surface area contributed by atoms with E-state index in [0.29, 0.717) is 0 Å². The van der Waals surface area contributed by atoms with Crippen molar-refractivity contribution in [2.24, 2.45) is 0 Å². The first-order valence-corrected chi connectivity index (χ1v) is 23.3. The van der Waals surface area contributed by atoms with Gasteiger partial charge in [0.1, 0.15) is 16.9 Å².